The van der Waals surface area contributed by atoms with Crippen LogP contribution in [0.5, 0.6) is 11.6 Å². The van der Waals surface area contributed by atoms with Crippen LogP contribution in [0, 0.1) is 0 Å². The van der Waals surface area contributed by atoms with E-state index in [1.54, 1.807) is 24.7 Å². The van der Waals surface area contributed by atoms with Gasteiger partial charge in [0.15, 0.2) is 0 Å². The first-order valence-corrected chi connectivity index (χ1v) is 8.38. The maximum atomic E-state index is 13.0. The van der Waals surface area contributed by atoms with E-state index in [0.717, 1.165) is 32.4 Å². The summed E-state index contributed by atoms with van der Waals surface area (Å²) in [5, 5.41) is 3.43. The molecule has 2 aliphatic heterocycles. The number of halogens is 2. The number of rotatable bonds is 3. The lowest BCUT2D eigenvalue weighted by atomic mass is 10.1. The van der Waals surface area contributed by atoms with Gasteiger partial charge in [-0.25, -0.2) is 4.98 Å². The van der Waals surface area contributed by atoms with Crippen LogP contribution in [0.3, 0.4) is 0 Å². The van der Waals surface area contributed by atoms with Gasteiger partial charge in [-0.2, -0.15) is 0 Å². The van der Waals surface area contributed by atoms with E-state index in [2.05, 4.69) is 20.2 Å². The second-order valence-corrected chi connectivity index (χ2v) is 6.26. The third-order valence-corrected chi connectivity index (χ3v) is 4.73. The predicted octanol–water partition coefficient (Wildman–Crippen LogP) is 3.08. The molecule has 1 aromatic carbocycles. The Balaban J connectivity index is 0.00000121. The molecule has 0 radical (unpaired) electrons. The smallest absolute Gasteiger partial charge is 0.254 e. The van der Waals surface area contributed by atoms with E-state index in [0.29, 0.717) is 29.3 Å². The van der Waals surface area contributed by atoms with Gasteiger partial charge in [-0.3, -0.25) is 9.78 Å². The summed E-state index contributed by atoms with van der Waals surface area (Å²) in [7, 11) is 0. The molecule has 26 heavy (non-hydrogen) atoms. The van der Waals surface area contributed by atoms with Crippen LogP contribution < -0.4 is 10.1 Å². The lowest BCUT2D eigenvalue weighted by Gasteiger charge is -2.28. The molecular weight excluding hydrogens is 375 g/mol. The number of nitrogens with one attached hydrogen (secondary N) is 1. The van der Waals surface area contributed by atoms with Crippen molar-refractivity contribution in [2.45, 2.75) is 31.3 Å². The van der Waals surface area contributed by atoms with Gasteiger partial charge in [0.25, 0.3) is 5.91 Å². The van der Waals surface area contributed by atoms with Crippen molar-refractivity contribution in [1.82, 2.24) is 20.2 Å². The van der Waals surface area contributed by atoms with Gasteiger partial charge >= 0.3 is 0 Å². The molecule has 2 aromatic rings. The standard InChI is InChI=1S/C18H20N4O2.2ClH/c23-18(22-14-4-5-15(22)11-19-7-6-14)13-2-1-3-16(10-13)24-17-12-20-8-9-21-17;;/h1-3,8-10,12,14-15,19H,4-7,11H2;2*1H. The molecule has 1 N–H and O–H groups in total. The normalized spacial score (nSPS) is 21.2. The Morgan fingerprint density at radius 3 is 2.81 bits per heavy atom. The van der Waals surface area contributed by atoms with E-state index in [1.807, 2.05) is 18.2 Å². The number of carbonyl (C=O) groups is 1. The maximum Gasteiger partial charge on any atom is 0.254 e. The Morgan fingerprint density at radius 1 is 1.15 bits per heavy atom. The summed E-state index contributed by atoms with van der Waals surface area (Å²) in [4.78, 5) is 23.2. The highest BCUT2D eigenvalue weighted by molar-refractivity contribution is 5.95. The molecule has 2 fully saturated rings. The van der Waals surface area contributed by atoms with Crippen LogP contribution in [0.15, 0.2) is 42.9 Å². The fraction of sp³-hybridized carbons (Fsp3) is 0.389. The van der Waals surface area contributed by atoms with Crippen LogP contribution >= 0.6 is 24.8 Å². The average molecular weight is 397 g/mol. The van der Waals surface area contributed by atoms with Gasteiger partial charge in [0, 0.05) is 36.6 Å². The van der Waals surface area contributed by atoms with E-state index < -0.39 is 0 Å². The topological polar surface area (TPSA) is 67.3 Å². The van der Waals surface area contributed by atoms with Crippen LogP contribution in [0.4, 0.5) is 0 Å². The second kappa shape index (κ2) is 9.16. The SMILES string of the molecule is Cl.Cl.O=C(c1cccc(Oc2cnccn2)c1)N1C2CCNCC1CC2. The number of carbonyl (C=O) groups excluding carboxylic acids is 1. The number of aromatic nitrogens is 2. The first-order valence-electron chi connectivity index (χ1n) is 8.38. The molecule has 2 bridgehead atoms. The number of fused-ring (bicyclic) bond motifs is 2. The van der Waals surface area contributed by atoms with E-state index in [-0.39, 0.29) is 30.7 Å². The van der Waals surface area contributed by atoms with Crippen molar-refractivity contribution in [3.63, 3.8) is 0 Å². The Hall–Kier alpha value is -1.89. The number of hydrogen-bond acceptors (Lipinski definition) is 5. The van der Waals surface area contributed by atoms with E-state index in [9.17, 15) is 4.79 Å². The molecule has 2 unspecified atom stereocenters. The highest BCUT2D eigenvalue weighted by atomic mass is 35.5. The van der Waals surface area contributed by atoms with Crippen LogP contribution in [-0.4, -0.2) is 45.9 Å². The van der Waals surface area contributed by atoms with E-state index >= 15 is 0 Å². The summed E-state index contributed by atoms with van der Waals surface area (Å²) in [6.07, 6.45) is 7.93. The number of amides is 1. The van der Waals surface area contributed by atoms with Gasteiger partial charge in [-0.1, -0.05) is 6.07 Å². The van der Waals surface area contributed by atoms with Crippen molar-refractivity contribution >= 4 is 30.7 Å². The zero-order chi connectivity index (χ0) is 16.4. The minimum absolute atomic E-state index is 0. The fourth-order valence-corrected chi connectivity index (χ4v) is 3.61. The third kappa shape index (κ3) is 4.26. The van der Waals surface area contributed by atoms with E-state index in [4.69, 9.17) is 4.74 Å². The summed E-state index contributed by atoms with van der Waals surface area (Å²) in [6, 6.07) is 7.95. The van der Waals surface area contributed by atoms with Crippen molar-refractivity contribution < 1.29 is 9.53 Å². The molecule has 8 heteroatoms. The number of benzene rings is 1. The van der Waals surface area contributed by atoms with Crippen LogP contribution in [-0.2, 0) is 0 Å². The lowest BCUT2D eigenvalue weighted by molar-refractivity contribution is 0.0680. The van der Waals surface area contributed by atoms with Crippen LogP contribution in [0.2, 0.25) is 0 Å². The minimum Gasteiger partial charge on any atom is -0.437 e. The first kappa shape index (κ1) is 20.4. The summed E-state index contributed by atoms with van der Waals surface area (Å²) in [5.74, 6) is 1.11. The van der Waals surface area contributed by atoms with Crippen LogP contribution in [0.25, 0.3) is 0 Å². The van der Waals surface area contributed by atoms with Gasteiger partial charge in [0.1, 0.15) is 5.75 Å². The molecular formula is C18H22Cl2N4O2. The molecule has 0 saturated carbocycles. The van der Waals surface area contributed by atoms with Gasteiger partial charge in [-0.05, 0) is 44.0 Å². The number of ether oxygens (including phenoxy) is 1. The summed E-state index contributed by atoms with van der Waals surface area (Å²) < 4.78 is 5.69. The van der Waals surface area contributed by atoms with Crippen molar-refractivity contribution in [3.8, 4) is 11.6 Å². The monoisotopic (exact) mass is 396 g/mol. The molecule has 4 rings (SSSR count). The average Bonchev–Trinajstić information content (AvgIpc) is 2.88. The highest BCUT2D eigenvalue weighted by Gasteiger charge is 2.38. The second-order valence-electron chi connectivity index (χ2n) is 6.26. The third-order valence-electron chi connectivity index (χ3n) is 4.73. The van der Waals surface area contributed by atoms with E-state index in [1.165, 1.54) is 0 Å². The molecule has 6 nitrogen and oxygen atoms in total. The first-order chi connectivity index (χ1) is 11.8. The molecule has 140 valence electrons. The molecule has 1 aromatic heterocycles. The van der Waals surface area contributed by atoms with Crippen molar-refractivity contribution in [1.29, 1.82) is 0 Å². The fourth-order valence-electron chi connectivity index (χ4n) is 3.61. The van der Waals surface area contributed by atoms with Crippen LogP contribution in [0.1, 0.15) is 29.6 Å². The summed E-state index contributed by atoms with van der Waals surface area (Å²) in [6.45, 7) is 1.87. The highest BCUT2D eigenvalue weighted by Crippen LogP contribution is 2.30. The zero-order valence-corrected chi connectivity index (χ0v) is 15.8. The summed E-state index contributed by atoms with van der Waals surface area (Å²) in [5.41, 5.74) is 0.662. The minimum atomic E-state index is 0. The molecule has 3 heterocycles. The van der Waals surface area contributed by atoms with Crippen molar-refractivity contribution in [2.75, 3.05) is 13.1 Å². The molecule has 1 amide bonds. The van der Waals surface area contributed by atoms with Gasteiger partial charge in [0.2, 0.25) is 5.88 Å². The van der Waals surface area contributed by atoms with Crippen molar-refractivity contribution in [2.24, 2.45) is 0 Å². The molecule has 0 aliphatic carbocycles. The maximum absolute atomic E-state index is 13.0. The van der Waals surface area contributed by atoms with Gasteiger partial charge in [-0.15, -0.1) is 24.8 Å². The Labute approximate surface area is 165 Å². The predicted molar refractivity (Wildman–Crippen MR) is 104 cm³/mol. The van der Waals surface area contributed by atoms with Gasteiger partial charge < -0.3 is 15.0 Å². The Morgan fingerprint density at radius 2 is 2.00 bits per heavy atom. The number of hydrogen-bond donors (Lipinski definition) is 1. The zero-order valence-electron chi connectivity index (χ0n) is 14.2. The Bertz CT molecular complexity index is 718. The molecule has 0 spiro atoms. The quantitative estimate of drug-likeness (QED) is 0.862. The Kier molecular flexibility index (Phi) is 7.20. The molecule has 2 saturated heterocycles. The van der Waals surface area contributed by atoms with Crippen molar-refractivity contribution in [3.05, 3.63) is 48.4 Å². The number of nitrogens with zero attached hydrogens (tertiary/aromatic N) is 3. The lowest BCUT2D eigenvalue weighted by Crippen LogP contribution is -2.42. The van der Waals surface area contributed by atoms with Gasteiger partial charge in [0.05, 0.1) is 6.20 Å². The molecule has 2 atom stereocenters. The largest absolute Gasteiger partial charge is 0.437 e. The molecule has 2 aliphatic rings. The summed E-state index contributed by atoms with van der Waals surface area (Å²) >= 11 is 0.